The maximum absolute atomic E-state index is 13.0. The summed E-state index contributed by atoms with van der Waals surface area (Å²) in [4.78, 5) is 52.0. The summed E-state index contributed by atoms with van der Waals surface area (Å²) in [6, 6.07) is 8.51. The average Bonchev–Trinajstić information content (AvgIpc) is 3.09. The second-order valence-corrected chi connectivity index (χ2v) is 9.01. The molecular weight excluding hydrogens is 625 g/mol. The van der Waals surface area contributed by atoms with Crippen molar-refractivity contribution in [3.05, 3.63) is 62.2 Å². The first-order chi connectivity index (χ1) is 16.2. The predicted molar refractivity (Wildman–Crippen MR) is 135 cm³/mol. The fourth-order valence-electron chi connectivity index (χ4n) is 3.30. The first-order valence-corrected chi connectivity index (χ1v) is 12.2. The third kappa shape index (κ3) is 6.30. The Labute approximate surface area is 216 Å². The third-order valence-electron chi connectivity index (χ3n) is 4.78. The van der Waals surface area contributed by atoms with Crippen molar-refractivity contribution >= 4 is 68.3 Å². The number of carbonyl (C=O) groups excluding carboxylic acids is 3. The topological polar surface area (TPSA) is 126 Å². The van der Waals surface area contributed by atoms with Crippen LogP contribution in [0.25, 0.3) is 6.08 Å². The minimum absolute atomic E-state index is 0.0666. The van der Waals surface area contributed by atoms with Gasteiger partial charge in [0.1, 0.15) is 18.5 Å². The molecule has 1 N–H and O–H groups in total. The molecule has 1 amide bonds. The number of halogens is 2. The van der Waals surface area contributed by atoms with Crippen LogP contribution in [0.3, 0.4) is 0 Å². The molecule has 2 heterocycles. The summed E-state index contributed by atoms with van der Waals surface area (Å²) in [6.07, 6.45) is 0.473. The normalized spacial score (nSPS) is 21.9. The quantitative estimate of drug-likeness (QED) is 0.277. The van der Waals surface area contributed by atoms with Crippen LogP contribution >= 0.6 is 38.5 Å². The van der Waals surface area contributed by atoms with Crippen LogP contribution in [0.15, 0.2) is 45.4 Å². The Kier molecular flexibility index (Phi) is 8.97. The van der Waals surface area contributed by atoms with Gasteiger partial charge in [-0.15, -0.1) is 0 Å². The van der Waals surface area contributed by atoms with Gasteiger partial charge in [-0.05, 0) is 22.3 Å². The molecule has 180 valence electrons. The smallest absolute Gasteiger partial charge is 0.351 e. The Balaban J connectivity index is 1.96. The van der Waals surface area contributed by atoms with Crippen molar-refractivity contribution in [2.45, 2.75) is 37.1 Å². The van der Waals surface area contributed by atoms with Gasteiger partial charge in [-0.2, -0.15) is 4.98 Å². The Morgan fingerprint density at radius 1 is 1.24 bits per heavy atom. The van der Waals surface area contributed by atoms with E-state index < -0.39 is 46.8 Å². The SMILES string of the molecule is CC(=O)OC[C@H]1O[C@@H](n2cc(C=CI)c(NC(=O)c3ccccc3)nc2=O)[C@H](OC(C)=O)[C@H]1Br. The summed E-state index contributed by atoms with van der Waals surface area (Å²) in [5.41, 5.74) is 0.101. The fourth-order valence-corrected chi connectivity index (χ4v) is 4.33. The van der Waals surface area contributed by atoms with Crippen LogP contribution in [0, 0.1) is 0 Å². The predicted octanol–water partition coefficient (Wildman–Crippen LogP) is 3.06. The summed E-state index contributed by atoms with van der Waals surface area (Å²) < 4.78 is 19.2. The minimum atomic E-state index is -1.05. The van der Waals surface area contributed by atoms with E-state index in [1.54, 1.807) is 40.5 Å². The molecule has 1 aromatic carbocycles. The zero-order valence-corrected chi connectivity index (χ0v) is 21.9. The number of nitrogens with one attached hydrogen (secondary N) is 1. The van der Waals surface area contributed by atoms with Crippen LogP contribution in [0.1, 0.15) is 36.0 Å². The first kappa shape index (κ1) is 26.0. The number of hydrogen-bond donors (Lipinski definition) is 1. The van der Waals surface area contributed by atoms with Crippen molar-refractivity contribution in [1.29, 1.82) is 0 Å². The van der Waals surface area contributed by atoms with Crippen LogP contribution in [-0.4, -0.2) is 51.0 Å². The van der Waals surface area contributed by atoms with Crippen molar-refractivity contribution in [3.63, 3.8) is 0 Å². The molecular formula is C22H21BrIN3O7. The van der Waals surface area contributed by atoms with Crippen LogP contribution in [0.5, 0.6) is 0 Å². The van der Waals surface area contributed by atoms with Gasteiger partial charge in [-0.1, -0.05) is 56.7 Å². The standard InChI is InChI=1S/C22H21BrIN3O7/c1-12(28)32-11-16-17(23)18(33-13(2)29)21(34-16)27-10-15(8-9-24)19(26-22(27)31)25-20(30)14-6-4-3-5-7-14/h3-10,16-18,21H,11H2,1-2H3,(H,25,26,30,31)/t16-,17+,18-,21-/m1/s1. The lowest BCUT2D eigenvalue weighted by atomic mass is 10.2. The lowest BCUT2D eigenvalue weighted by Gasteiger charge is -2.22. The number of carbonyl (C=O) groups is 3. The molecule has 1 aliphatic rings. The van der Waals surface area contributed by atoms with Crippen molar-refractivity contribution in [2.75, 3.05) is 11.9 Å². The van der Waals surface area contributed by atoms with Crippen molar-refractivity contribution in [3.8, 4) is 0 Å². The van der Waals surface area contributed by atoms with Crippen LogP contribution in [0.4, 0.5) is 5.82 Å². The summed E-state index contributed by atoms with van der Waals surface area (Å²) >= 11 is 5.43. The third-order valence-corrected chi connectivity index (χ3v) is 6.25. The molecule has 0 bridgehead atoms. The number of rotatable bonds is 7. The second kappa shape index (κ2) is 11.7. The number of nitrogens with zero attached hydrogens (tertiary/aromatic N) is 2. The number of anilines is 1. The Hall–Kier alpha value is -2.58. The molecule has 1 fully saturated rings. The highest BCUT2D eigenvalue weighted by atomic mass is 127. The lowest BCUT2D eigenvalue weighted by molar-refractivity contribution is -0.153. The molecule has 12 heteroatoms. The van der Waals surface area contributed by atoms with Gasteiger partial charge >= 0.3 is 17.6 Å². The van der Waals surface area contributed by atoms with E-state index in [0.717, 1.165) is 0 Å². The molecule has 10 nitrogen and oxygen atoms in total. The van der Waals surface area contributed by atoms with Crippen molar-refractivity contribution in [1.82, 2.24) is 9.55 Å². The molecule has 0 aliphatic carbocycles. The number of amides is 1. The largest absolute Gasteiger partial charge is 0.463 e. The van der Waals surface area contributed by atoms with E-state index in [0.29, 0.717) is 11.1 Å². The number of benzene rings is 1. The molecule has 4 atom stereocenters. The zero-order chi connectivity index (χ0) is 24.8. The number of alkyl halides is 1. The number of ether oxygens (including phenoxy) is 3. The molecule has 1 saturated heterocycles. The van der Waals surface area contributed by atoms with E-state index in [1.807, 2.05) is 22.6 Å². The molecule has 1 aliphatic heterocycles. The van der Waals surface area contributed by atoms with E-state index in [9.17, 15) is 19.2 Å². The lowest BCUT2D eigenvalue weighted by Crippen LogP contribution is -2.37. The zero-order valence-electron chi connectivity index (χ0n) is 18.1. The number of aromatic nitrogens is 2. The first-order valence-electron chi connectivity index (χ1n) is 10.1. The van der Waals surface area contributed by atoms with Gasteiger partial charge in [0.2, 0.25) is 0 Å². The van der Waals surface area contributed by atoms with Gasteiger partial charge in [-0.3, -0.25) is 19.0 Å². The van der Waals surface area contributed by atoms with Gasteiger partial charge in [0, 0.05) is 31.2 Å². The number of hydrogen-bond acceptors (Lipinski definition) is 8. The van der Waals surface area contributed by atoms with Crippen LogP contribution in [0.2, 0.25) is 0 Å². The maximum atomic E-state index is 13.0. The Morgan fingerprint density at radius 2 is 1.94 bits per heavy atom. The Morgan fingerprint density at radius 3 is 2.56 bits per heavy atom. The molecule has 0 spiro atoms. The minimum Gasteiger partial charge on any atom is -0.463 e. The van der Waals surface area contributed by atoms with E-state index in [-0.39, 0.29) is 12.4 Å². The monoisotopic (exact) mass is 645 g/mol. The molecule has 0 unspecified atom stereocenters. The average molecular weight is 646 g/mol. The molecule has 2 aromatic rings. The van der Waals surface area contributed by atoms with E-state index in [2.05, 4.69) is 26.2 Å². The van der Waals surface area contributed by atoms with Gasteiger partial charge in [-0.25, -0.2) is 4.79 Å². The summed E-state index contributed by atoms with van der Waals surface area (Å²) in [7, 11) is 0. The van der Waals surface area contributed by atoms with Crippen molar-refractivity contribution < 1.29 is 28.6 Å². The molecule has 3 rings (SSSR count). The highest BCUT2D eigenvalue weighted by molar-refractivity contribution is 14.1. The summed E-state index contributed by atoms with van der Waals surface area (Å²) in [5.74, 6) is -1.43. The van der Waals surface area contributed by atoms with E-state index >= 15 is 0 Å². The van der Waals surface area contributed by atoms with Crippen LogP contribution < -0.4 is 11.0 Å². The van der Waals surface area contributed by atoms with E-state index in [1.165, 1.54) is 24.6 Å². The van der Waals surface area contributed by atoms with Crippen LogP contribution in [-0.2, 0) is 23.8 Å². The highest BCUT2D eigenvalue weighted by Gasteiger charge is 2.47. The molecule has 0 radical (unpaired) electrons. The number of esters is 2. The van der Waals surface area contributed by atoms with Gasteiger partial charge in [0.15, 0.2) is 12.3 Å². The van der Waals surface area contributed by atoms with Gasteiger partial charge in [0.25, 0.3) is 5.91 Å². The fraction of sp³-hybridized carbons (Fsp3) is 0.318. The Bertz CT molecular complexity index is 1150. The molecule has 0 saturated carbocycles. The summed E-state index contributed by atoms with van der Waals surface area (Å²) in [6.45, 7) is 2.40. The van der Waals surface area contributed by atoms with Gasteiger partial charge < -0.3 is 19.5 Å². The molecule has 1 aromatic heterocycles. The van der Waals surface area contributed by atoms with Gasteiger partial charge in [0.05, 0.1) is 4.83 Å². The van der Waals surface area contributed by atoms with E-state index in [4.69, 9.17) is 14.2 Å². The van der Waals surface area contributed by atoms with Crippen molar-refractivity contribution in [2.24, 2.45) is 0 Å². The second-order valence-electron chi connectivity index (χ2n) is 7.23. The maximum Gasteiger partial charge on any atom is 0.351 e. The summed E-state index contributed by atoms with van der Waals surface area (Å²) in [5, 5.41) is 2.65. The highest BCUT2D eigenvalue weighted by Crippen LogP contribution is 2.36. The molecule has 34 heavy (non-hydrogen) atoms.